The number of carbonyl (C=O) groups excluding carboxylic acids is 1. The first-order valence-electron chi connectivity index (χ1n) is 3.61. The molecule has 0 saturated heterocycles. The Morgan fingerprint density at radius 1 is 1.58 bits per heavy atom. The molecular formula is C9H11NO2. The van der Waals surface area contributed by atoms with Gasteiger partial charge in [0.1, 0.15) is 6.61 Å². The predicted molar refractivity (Wildman–Crippen MR) is 47.1 cm³/mol. The van der Waals surface area contributed by atoms with Gasteiger partial charge in [0.25, 0.3) is 0 Å². The van der Waals surface area contributed by atoms with Crippen LogP contribution < -0.4 is 5.73 Å². The summed E-state index contributed by atoms with van der Waals surface area (Å²) in [5.74, 6) is -0.0511. The molecule has 64 valence electrons. The smallest absolute Gasteiger partial charge is 0.188 e. The molecule has 0 aliphatic carbocycles. The molecule has 0 amide bonds. The number of nitrogen functional groups attached to an aromatic ring is 1. The third-order valence-electron chi connectivity index (χ3n) is 1.48. The Hall–Kier alpha value is -1.35. The molecular weight excluding hydrogens is 154 g/mol. The van der Waals surface area contributed by atoms with Crippen LogP contribution in [0.25, 0.3) is 0 Å². The number of carbonyl (C=O) groups is 1. The molecule has 0 heterocycles. The van der Waals surface area contributed by atoms with Gasteiger partial charge in [-0.1, -0.05) is 12.1 Å². The molecule has 0 bridgehead atoms. The van der Waals surface area contributed by atoms with Crippen molar-refractivity contribution in [2.75, 3.05) is 19.5 Å². The van der Waals surface area contributed by atoms with E-state index >= 15 is 0 Å². The number of methoxy groups -OCH3 is 1. The highest BCUT2D eigenvalue weighted by Gasteiger charge is 2.03. The van der Waals surface area contributed by atoms with E-state index in [1.54, 1.807) is 24.3 Å². The Morgan fingerprint density at radius 2 is 2.33 bits per heavy atom. The fraction of sp³-hybridized carbons (Fsp3) is 0.222. The minimum absolute atomic E-state index is 0.0511. The van der Waals surface area contributed by atoms with Crippen molar-refractivity contribution in [2.24, 2.45) is 0 Å². The average molecular weight is 165 g/mol. The summed E-state index contributed by atoms with van der Waals surface area (Å²) in [6, 6.07) is 6.85. The maximum absolute atomic E-state index is 11.2. The van der Waals surface area contributed by atoms with Crippen molar-refractivity contribution in [3.05, 3.63) is 29.8 Å². The Balaban J connectivity index is 2.81. The molecule has 0 saturated carbocycles. The SMILES string of the molecule is COCC(=O)c1cccc(N)c1. The van der Waals surface area contributed by atoms with Crippen LogP contribution in [0.5, 0.6) is 0 Å². The Morgan fingerprint density at radius 3 is 2.92 bits per heavy atom. The van der Waals surface area contributed by atoms with Crippen LogP contribution in [0, 0.1) is 0 Å². The number of ether oxygens (including phenoxy) is 1. The standard InChI is InChI=1S/C9H11NO2/c1-12-6-9(11)7-3-2-4-8(10)5-7/h2-5H,6,10H2,1H3. The molecule has 0 aromatic heterocycles. The molecule has 1 rings (SSSR count). The fourth-order valence-corrected chi connectivity index (χ4v) is 0.927. The molecule has 12 heavy (non-hydrogen) atoms. The molecule has 1 aromatic rings. The van der Waals surface area contributed by atoms with E-state index in [2.05, 4.69) is 0 Å². The predicted octanol–water partition coefficient (Wildman–Crippen LogP) is 1.10. The van der Waals surface area contributed by atoms with Gasteiger partial charge in [0.15, 0.2) is 5.78 Å². The number of rotatable bonds is 3. The lowest BCUT2D eigenvalue weighted by atomic mass is 10.1. The highest BCUT2D eigenvalue weighted by Crippen LogP contribution is 2.06. The molecule has 0 spiro atoms. The summed E-state index contributed by atoms with van der Waals surface area (Å²) < 4.78 is 4.71. The molecule has 0 radical (unpaired) electrons. The quantitative estimate of drug-likeness (QED) is 0.539. The first-order valence-corrected chi connectivity index (χ1v) is 3.61. The maximum atomic E-state index is 11.2. The number of Topliss-reactive ketones (excluding diaryl/α,β-unsaturated/α-hetero) is 1. The second kappa shape index (κ2) is 3.88. The van der Waals surface area contributed by atoms with Gasteiger partial charge in [-0.15, -0.1) is 0 Å². The normalized spacial score (nSPS) is 9.75. The van der Waals surface area contributed by atoms with Crippen molar-refractivity contribution in [1.29, 1.82) is 0 Å². The first kappa shape index (κ1) is 8.74. The second-order valence-corrected chi connectivity index (χ2v) is 2.48. The van der Waals surface area contributed by atoms with E-state index in [9.17, 15) is 4.79 Å². The van der Waals surface area contributed by atoms with Gasteiger partial charge in [-0.25, -0.2) is 0 Å². The number of ketones is 1. The molecule has 0 fully saturated rings. The van der Waals surface area contributed by atoms with Crippen molar-refractivity contribution < 1.29 is 9.53 Å². The molecule has 0 atom stereocenters. The summed E-state index contributed by atoms with van der Waals surface area (Å²) >= 11 is 0. The van der Waals surface area contributed by atoms with Crippen molar-refractivity contribution >= 4 is 11.5 Å². The van der Waals surface area contributed by atoms with Gasteiger partial charge < -0.3 is 10.5 Å². The Kier molecular flexibility index (Phi) is 2.82. The summed E-state index contributed by atoms with van der Waals surface area (Å²) in [7, 11) is 1.49. The number of hydrogen-bond donors (Lipinski definition) is 1. The largest absolute Gasteiger partial charge is 0.399 e. The van der Waals surface area contributed by atoms with E-state index < -0.39 is 0 Å². The number of benzene rings is 1. The third kappa shape index (κ3) is 2.07. The van der Waals surface area contributed by atoms with E-state index in [4.69, 9.17) is 10.5 Å². The van der Waals surface area contributed by atoms with Gasteiger partial charge in [0.2, 0.25) is 0 Å². The Labute approximate surface area is 71.1 Å². The highest BCUT2D eigenvalue weighted by atomic mass is 16.5. The molecule has 0 aliphatic rings. The van der Waals surface area contributed by atoms with Gasteiger partial charge in [-0.2, -0.15) is 0 Å². The van der Waals surface area contributed by atoms with Gasteiger partial charge in [0, 0.05) is 18.4 Å². The van der Waals surface area contributed by atoms with E-state index in [1.807, 2.05) is 0 Å². The van der Waals surface area contributed by atoms with Gasteiger partial charge in [-0.05, 0) is 12.1 Å². The number of anilines is 1. The van der Waals surface area contributed by atoms with E-state index in [0.29, 0.717) is 11.3 Å². The van der Waals surface area contributed by atoms with Gasteiger partial charge >= 0.3 is 0 Å². The van der Waals surface area contributed by atoms with Gasteiger partial charge in [-0.3, -0.25) is 4.79 Å². The van der Waals surface area contributed by atoms with Crippen LogP contribution in [0.3, 0.4) is 0 Å². The summed E-state index contributed by atoms with van der Waals surface area (Å²) in [5.41, 5.74) is 6.69. The zero-order valence-electron chi connectivity index (χ0n) is 6.91. The summed E-state index contributed by atoms with van der Waals surface area (Å²) in [6.45, 7) is 0.101. The van der Waals surface area contributed by atoms with Crippen molar-refractivity contribution in [1.82, 2.24) is 0 Å². The van der Waals surface area contributed by atoms with Crippen molar-refractivity contribution in [3.8, 4) is 0 Å². The first-order chi connectivity index (χ1) is 5.74. The summed E-state index contributed by atoms with van der Waals surface area (Å²) in [6.07, 6.45) is 0. The van der Waals surface area contributed by atoms with E-state index in [-0.39, 0.29) is 12.4 Å². The molecule has 0 aliphatic heterocycles. The van der Waals surface area contributed by atoms with Crippen LogP contribution in [0.1, 0.15) is 10.4 Å². The average Bonchev–Trinajstić information content (AvgIpc) is 2.05. The van der Waals surface area contributed by atoms with E-state index in [0.717, 1.165) is 0 Å². The molecule has 0 unspecified atom stereocenters. The minimum Gasteiger partial charge on any atom is -0.399 e. The van der Waals surface area contributed by atoms with Crippen molar-refractivity contribution in [3.63, 3.8) is 0 Å². The lowest BCUT2D eigenvalue weighted by Gasteiger charge is -1.99. The van der Waals surface area contributed by atoms with Crippen LogP contribution in [-0.4, -0.2) is 19.5 Å². The lowest BCUT2D eigenvalue weighted by Crippen LogP contribution is -2.07. The second-order valence-electron chi connectivity index (χ2n) is 2.48. The van der Waals surface area contributed by atoms with Crippen LogP contribution >= 0.6 is 0 Å². The zero-order valence-corrected chi connectivity index (χ0v) is 6.91. The number of hydrogen-bond acceptors (Lipinski definition) is 3. The summed E-state index contributed by atoms with van der Waals surface area (Å²) in [5, 5.41) is 0. The molecule has 2 N–H and O–H groups in total. The van der Waals surface area contributed by atoms with Crippen LogP contribution in [0.4, 0.5) is 5.69 Å². The van der Waals surface area contributed by atoms with Crippen LogP contribution in [-0.2, 0) is 4.74 Å². The molecule has 3 heteroatoms. The molecule has 3 nitrogen and oxygen atoms in total. The Bertz CT molecular complexity index is 284. The van der Waals surface area contributed by atoms with Crippen molar-refractivity contribution in [2.45, 2.75) is 0 Å². The monoisotopic (exact) mass is 165 g/mol. The summed E-state index contributed by atoms with van der Waals surface area (Å²) in [4.78, 5) is 11.2. The minimum atomic E-state index is -0.0511. The highest BCUT2D eigenvalue weighted by molar-refractivity contribution is 5.97. The van der Waals surface area contributed by atoms with E-state index in [1.165, 1.54) is 7.11 Å². The zero-order chi connectivity index (χ0) is 8.97. The fourth-order valence-electron chi connectivity index (χ4n) is 0.927. The lowest BCUT2D eigenvalue weighted by molar-refractivity contribution is 0.0848. The van der Waals surface area contributed by atoms with Gasteiger partial charge in [0.05, 0.1) is 0 Å². The molecule has 1 aromatic carbocycles. The van der Waals surface area contributed by atoms with Crippen LogP contribution in [0.2, 0.25) is 0 Å². The third-order valence-corrected chi connectivity index (χ3v) is 1.48. The van der Waals surface area contributed by atoms with Crippen LogP contribution in [0.15, 0.2) is 24.3 Å². The number of nitrogens with two attached hydrogens (primary N) is 1. The maximum Gasteiger partial charge on any atom is 0.188 e. The topological polar surface area (TPSA) is 52.3 Å².